The van der Waals surface area contributed by atoms with Crippen molar-refractivity contribution in [1.29, 1.82) is 0 Å². The maximum absolute atomic E-state index is 13.1. The van der Waals surface area contributed by atoms with Gasteiger partial charge >= 0.3 is 5.97 Å². The van der Waals surface area contributed by atoms with E-state index < -0.39 is 53.8 Å². The lowest BCUT2D eigenvalue weighted by Crippen LogP contribution is -2.58. The zero-order chi connectivity index (χ0) is 27.8. The van der Waals surface area contributed by atoms with E-state index >= 15 is 0 Å². The molecule has 0 heterocycles. The minimum Gasteiger partial charge on any atom is -0.480 e. The summed E-state index contributed by atoms with van der Waals surface area (Å²) in [4.78, 5) is 64.8. The van der Waals surface area contributed by atoms with Crippen molar-refractivity contribution < 1.29 is 29.1 Å². The number of primary amides is 1. The van der Waals surface area contributed by atoms with Crippen molar-refractivity contribution in [3.05, 3.63) is 0 Å². The number of carbonyl (C=O) groups is 5. The van der Waals surface area contributed by atoms with E-state index in [2.05, 4.69) is 20.9 Å². The number of carbonyl (C=O) groups excluding carboxylic acids is 4. The Labute approximate surface area is 215 Å². The van der Waals surface area contributed by atoms with Gasteiger partial charge in [-0.3, -0.25) is 24.2 Å². The highest BCUT2D eigenvalue weighted by atomic mass is 32.2. The molecule has 4 unspecified atom stereocenters. The summed E-state index contributed by atoms with van der Waals surface area (Å²) in [6.07, 6.45) is 2.20. The minimum absolute atomic E-state index is 0.0719. The molecule has 0 aromatic heterocycles. The molecule has 0 aliphatic rings. The summed E-state index contributed by atoms with van der Waals surface area (Å²) in [6.45, 7) is 3.60. The normalized spacial score (nSPS) is 14.1. The Morgan fingerprint density at radius 1 is 0.889 bits per heavy atom. The van der Waals surface area contributed by atoms with Gasteiger partial charge in [-0.15, -0.1) is 0 Å². The van der Waals surface area contributed by atoms with Crippen LogP contribution in [0.1, 0.15) is 46.0 Å². The van der Waals surface area contributed by atoms with Crippen LogP contribution in [0, 0.1) is 5.92 Å². The lowest BCUT2D eigenvalue weighted by atomic mass is 10.0. The molecule has 206 valence electrons. The smallest absolute Gasteiger partial charge is 0.326 e. The van der Waals surface area contributed by atoms with Crippen LogP contribution in [0.4, 0.5) is 0 Å². The molecule has 14 nitrogen and oxygen atoms in total. The van der Waals surface area contributed by atoms with E-state index in [0.29, 0.717) is 12.2 Å². The summed E-state index contributed by atoms with van der Waals surface area (Å²) >= 11 is 1.54. The van der Waals surface area contributed by atoms with Crippen LogP contribution < -0.4 is 38.9 Å². The van der Waals surface area contributed by atoms with E-state index in [0.717, 1.165) is 0 Å². The molecule has 0 aromatic rings. The van der Waals surface area contributed by atoms with E-state index in [4.69, 9.17) is 22.9 Å². The maximum Gasteiger partial charge on any atom is 0.326 e. The van der Waals surface area contributed by atoms with Gasteiger partial charge in [0.15, 0.2) is 5.96 Å². The average molecular weight is 533 g/mol. The number of thioether (sulfide) groups is 1. The Balaban J connectivity index is 5.54. The first-order chi connectivity index (χ1) is 16.8. The summed E-state index contributed by atoms with van der Waals surface area (Å²) in [6, 6.07) is -4.34. The van der Waals surface area contributed by atoms with Crippen LogP contribution in [0.15, 0.2) is 4.99 Å². The van der Waals surface area contributed by atoms with Gasteiger partial charge in [0.1, 0.15) is 18.1 Å². The number of guanidine groups is 1. The van der Waals surface area contributed by atoms with E-state index in [1.807, 2.05) is 6.26 Å². The van der Waals surface area contributed by atoms with Gasteiger partial charge in [-0.25, -0.2) is 4.79 Å². The summed E-state index contributed by atoms with van der Waals surface area (Å²) in [5, 5.41) is 16.9. The predicted molar refractivity (Wildman–Crippen MR) is 138 cm³/mol. The molecule has 0 rings (SSSR count). The molecule has 15 heteroatoms. The molecular weight excluding hydrogens is 492 g/mol. The first-order valence-electron chi connectivity index (χ1n) is 11.5. The molecule has 0 saturated carbocycles. The van der Waals surface area contributed by atoms with Crippen LogP contribution in [0.25, 0.3) is 0 Å². The fourth-order valence-electron chi connectivity index (χ4n) is 3.02. The number of carboxylic acids is 1. The van der Waals surface area contributed by atoms with Crippen molar-refractivity contribution in [3.63, 3.8) is 0 Å². The second-order valence-electron chi connectivity index (χ2n) is 8.53. The van der Waals surface area contributed by atoms with Crippen LogP contribution >= 0.6 is 11.8 Å². The first kappa shape index (κ1) is 32.9. The van der Waals surface area contributed by atoms with Crippen molar-refractivity contribution in [3.8, 4) is 0 Å². The van der Waals surface area contributed by atoms with E-state index in [1.54, 1.807) is 13.8 Å². The predicted octanol–water partition coefficient (Wildman–Crippen LogP) is -2.42. The van der Waals surface area contributed by atoms with E-state index in [9.17, 15) is 29.1 Å². The molecule has 0 aliphatic carbocycles. The van der Waals surface area contributed by atoms with Gasteiger partial charge in [-0.2, -0.15) is 11.8 Å². The number of nitrogens with one attached hydrogen (secondary N) is 3. The minimum atomic E-state index is -1.39. The third kappa shape index (κ3) is 13.7. The number of rotatable bonds is 18. The quantitative estimate of drug-likeness (QED) is 0.0526. The van der Waals surface area contributed by atoms with Crippen LogP contribution in [0.2, 0.25) is 0 Å². The summed E-state index contributed by atoms with van der Waals surface area (Å²) in [7, 11) is 0. The van der Waals surface area contributed by atoms with Gasteiger partial charge in [0.05, 0.1) is 6.04 Å². The van der Waals surface area contributed by atoms with Crippen molar-refractivity contribution in [2.45, 2.75) is 70.1 Å². The summed E-state index contributed by atoms with van der Waals surface area (Å²) in [5.41, 5.74) is 21.6. The standard InChI is InChI=1S/C21H40N8O6S/c1-11(2)16(29-17(31)12(22)8-10-36-3)19(33)27-13(5-4-9-26-21(24)25)18(32)28-14(20(34)35)6-7-15(23)30/h11-14,16H,4-10,22H2,1-3H3,(H2,23,30)(H,27,33)(H,28,32)(H,29,31)(H,34,35)(H4,24,25,26). The van der Waals surface area contributed by atoms with Gasteiger partial charge in [0.25, 0.3) is 0 Å². The first-order valence-corrected chi connectivity index (χ1v) is 12.9. The van der Waals surface area contributed by atoms with Gasteiger partial charge in [0, 0.05) is 13.0 Å². The van der Waals surface area contributed by atoms with E-state index in [1.165, 1.54) is 11.8 Å². The number of aliphatic carboxylic acids is 1. The van der Waals surface area contributed by atoms with Crippen LogP contribution in [-0.2, 0) is 24.0 Å². The Kier molecular flexibility index (Phi) is 15.9. The van der Waals surface area contributed by atoms with Gasteiger partial charge in [0.2, 0.25) is 23.6 Å². The highest BCUT2D eigenvalue weighted by molar-refractivity contribution is 7.98. The number of hydrogen-bond acceptors (Lipinski definition) is 8. The number of aliphatic imine (C=N–C) groups is 1. The molecule has 12 N–H and O–H groups in total. The topological polar surface area (TPSA) is 258 Å². The molecule has 0 spiro atoms. The Morgan fingerprint density at radius 2 is 1.50 bits per heavy atom. The second kappa shape index (κ2) is 17.4. The monoisotopic (exact) mass is 532 g/mol. The third-order valence-electron chi connectivity index (χ3n) is 5.09. The van der Waals surface area contributed by atoms with Crippen LogP contribution in [0.3, 0.4) is 0 Å². The van der Waals surface area contributed by atoms with Crippen molar-refractivity contribution in [2.75, 3.05) is 18.6 Å². The Bertz CT molecular complexity index is 790. The molecule has 4 amide bonds. The molecule has 0 aliphatic heterocycles. The zero-order valence-electron chi connectivity index (χ0n) is 21.0. The van der Waals surface area contributed by atoms with Crippen molar-refractivity contribution >= 4 is 47.3 Å². The van der Waals surface area contributed by atoms with E-state index in [-0.39, 0.29) is 44.1 Å². The van der Waals surface area contributed by atoms with Gasteiger partial charge in [-0.1, -0.05) is 13.8 Å². The maximum atomic E-state index is 13.1. The van der Waals surface area contributed by atoms with Gasteiger partial charge in [-0.05, 0) is 43.6 Å². The highest BCUT2D eigenvalue weighted by Gasteiger charge is 2.31. The molecule has 0 bridgehead atoms. The van der Waals surface area contributed by atoms with Crippen LogP contribution in [-0.4, -0.2) is 83.4 Å². The molecule has 36 heavy (non-hydrogen) atoms. The molecule has 0 aromatic carbocycles. The number of nitrogens with two attached hydrogens (primary N) is 4. The van der Waals surface area contributed by atoms with Gasteiger partial charge < -0.3 is 44.0 Å². The Hall–Kier alpha value is -3.07. The second-order valence-corrected chi connectivity index (χ2v) is 9.52. The molecule has 4 atom stereocenters. The average Bonchev–Trinajstić information content (AvgIpc) is 2.79. The highest BCUT2D eigenvalue weighted by Crippen LogP contribution is 2.08. The largest absolute Gasteiger partial charge is 0.480 e. The van der Waals surface area contributed by atoms with Crippen molar-refractivity contribution in [2.24, 2.45) is 33.8 Å². The molecular formula is C21H40N8O6S. The zero-order valence-corrected chi connectivity index (χ0v) is 21.8. The molecule has 0 radical (unpaired) electrons. The number of nitrogens with zero attached hydrogens (tertiary/aromatic N) is 1. The third-order valence-corrected chi connectivity index (χ3v) is 5.73. The fourth-order valence-corrected chi connectivity index (χ4v) is 3.51. The van der Waals surface area contributed by atoms with Crippen LogP contribution in [0.5, 0.6) is 0 Å². The summed E-state index contributed by atoms with van der Waals surface area (Å²) in [5.74, 6) is -3.80. The lowest BCUT2D eigenvalue weighted by Gasteiger charge is -2.27. The number of carboxylic acid groups (broad SMARTS) is 1. The molecule has 0 fully saturated rings. The lowest BCUT2D eigenvalue weighted by molar-refractivity contribution is -0.142. The van der Waals surface area contributed by atoms with Crippen molar-refractivity contribution in [1.82, 2.24) is 16.0 Å². The number of hydrogen-bond donors (Lipinski definition) is 8. The summed E-state index contributed by atoms with van der Waals surface area (Å²) < 4.78 is 0. The fraction of sp³-hybridized carbons (Fsp3) is 0.714. The SMILES string of the molecule is CSCCC(N)C(=O)NC(C(=O)NC(CCCN=C(N)N)C(=O)NC(CCC(N)=O)C(=O)O)C(C)C. The molecule has 0 saturated heterocycles. The Morgan fingerprint density at radius 3 is 2.00 bits per heavy atom. The number of amides is 4.